The SMILES string of the molecule is C=C/C=C\C(=C)COCCCCO. The zero-order valence-corrected chi connectivity index (χ0v) is 8.04. The van der Waals surface area contributed by atoms with Gasteiger partial charge in [0.05, 0.1) is 6.61 Å². The maximum atomic E-state index is 8.50. The molecular weight excluding hydrogens is 164 g/mol. The zero-order chi connectivity index (χ0) is 9.94. The van der Waals surface area contributed by atoms with Gasteiger partial charge in [0.1, 0.15) is 0 Å². The van der Waals surface area contributed by atoms with Gasteiger partial charge in [-0.25, -0.2) is 0 Å². The van der Waals surface area contributed by atoms with Gasteiger partial charge in [0, 0.05) is 13.2 Å². The maximum absolute atomic E-state index is 8.50. The number of allylic oxidation sites excluding steroid dienone is 2. The molecule has 0 amide bonds. The van der Waals surface area contributed by atoms with Gasteiger partial charge in [-0.05, 0) is 18.4 Å². The van der Waals surface area contributed by atoms with Crippen molar-refractivity contribution in [2.24, 2.45) is 0 Å². The molecule has 0 aliphatic heterocycles. The van der Waals surface area contributed by atoms with E-state index in [4.69, 9.17) is 9.84 Å². The van der Waals surface area contributed by atoms with Crippen LogP contribution in [-0.4, -0.2) is 24.9 Å². The van der Waals surface area contributed by atoms with Gasteiger partial charge in [-0.15, -0.1) is 0 Å². The lowest BCUT2D eigenvalue weighted by Crippen LogP contribution is -1.98. The Labute approximate surface area is 80.2 Å². The van der Waals surface area contributed by atoms with Crippen molar-refractivity contribution in [3.8, 4) is 0 Å². The molecule has 0 aliphatic rings. The molecule has 0 radical (unpaired) electrons. The standard InChI is InChI=1S/C11H18O2/c1-3-4-7-11(2)10-13-9-6-5-8-12/h3-4,7,12H,1-2,5-6,8-10H2/b7-4-. The van der Waals surface area contributed by atoms with Gasteiger partial charge in [-0.2, -0.15) is 0 Å². The van der Waals surface area contributed by atoms with Crippen LogP contribution in [0.1, 0.15) is 12.8 Å². The molecule has 74 valence electrons. The van der Waals surface area contributed by atoms with Crippen LogP contribution in [-0.2, 0) is 4.74 Å². The van der Waals surface area contributed by atoms with Crippen molar-refractivity contribution < 1.29 is 9.84 Å². The third-order valence-corrected chi connectivity index (χ3v) is 1.45. The molecule has 1 N–H and O–H groups in total. The van der Waals surface area contributed by atoms with Crippen LogP contribution < -0.4 is 0 Å². The molecule has 2 heteroatoms. The number of rotatable bonds is 8. The molecule has 0 unspecified atom stereocenters. The van der Waals surface area contributed by atoms with Crippen molar-refractivity contribution in [2.45, 2.75) is 12.8 Å². The topological polar surface area (TPSA) is 29.5 Å². The summed E-state index contributed by atoms with van der Waals surface area (Å²) in [4.78, 5) is 0. The lowest BCUT2D eigenvalue weighted by molar-refractivity contribution is 0.146. The Morgan fingerprint density at radius 3 is 2.77 bits per heavy atom. The van der Waals surface area contributed by atoms with E-state index in [2.05, 4.69) is 13.2 Å². The van der Waals surface area contributed by atoms with Gasteiger partial charge in [-0.3, -0.25) is 0 Å². The van der Waals surface area contributed by atoms with Crippen molar-refractivity contribution in [1.82, 2.24) is 0 Å². The fourth-order valence-corrected chi connectivity index (χ4v) is 0.771. The second-order valence-corrected chi connectivity index (χ2v) is 2.74. The van der Waals surface area contributed by atoms with E-state index in [9.17, 15) is 0 Å². The highest BCUT2D eigenvalue weighted by atomic mass is 16.5. The third kappa shape index (κ3) is 9.05. The Kier molecular flexibility index (Phi) is 8.62. The molecule has 0 aliphatic carbocycles. The van der Waals surface area contributed by atoms with E-state index >= 15 is 0 Å². The molecular formula is C11H18O2. The highest BCUT2D eigenvalue weighted by Crippen LogP contribution is 1.96. The summed E-state index contributed by atoms with van der Waals surface area (Å²) in [7, 11) is 0. The predicted molar refractivity (Wildman–Crippen MR) is 55.6 cm³/mol. The Morgan fingerprint density at radius 1 is 1.38 bits per heavy atom. The van der Waals surface area contributed by atoms with Gasteiger partial charge in [0.2, 0.25) is 0 Å². The van der Waals surface area contributed by atoms with Crippen molar-refractivity contribution >= 4 is 0 Å². The van der Waals surface area contributed by atoms with E-state index < -0.39 is 0 Å². The van der Waals surface area contributed by atoms with Crippen LogP contribution in [0.25, 0.3) is 0 Å². The van der Waals surface area contributed by atoms with E-state index in [1.54, 1.807) is 6.08 Å². The molecule has 0 aromatic carbocycles. The van der Waals surface area contributed by atoms with Crippen molar-refractivity contribution in [1.29, 1.82) is 0 Å². The second kappa shape index (κ2) is 9.23. The molecule has 0 saturated carbocycles. The van der Waals surface area contributed by atoms with Crippen LogP contribution in [0.4, 0.5) is 0 Å². The number of hydrogen-bond donors (Lipinski definition) is 1. The molecule has 0 aromatic rings. The Hall–Kier alpha value is -0.860. The summed E-state index contributed by atoms with van der Waals surface area (Å²) in [6.07, 6.45) is 7.11. The fraction of sp³-hybridized carbons (Fsp3) is 0.455. The van der Waals surface area contributed by atoms with Crippen molar-refractivity contribution in [3.63, 3.8) is 0 Å². The molecule has 0 rings (SSSR count). The second-order valence-electron chi connectivity index (χ2n) is 2.74. The van der Waals surface area contributed by atoms with E-state index in [1.165, 1.54) is 0 Å². The zero-order valence-electron chi connectivity index (χ0n) is 8.04. The molecule has 13 heavy (non-hydrogen) atoms. The number of ether oxygens (including phenoxy) is 1. The largest absolute Gasteiger partial charge is 0.396 e. The molecule has 0 heterocycles. The van der Waals surface area contributed by atoms with Crippen molar-refractivity contribution in [3.05, 3.63) is 37.0 Å². The van der Waals surface area contributed by atoms with Crippen LogP contribution in [0.5, 0.6) is 0 Å². The molecule has 0 saturated heterocycles. The van der Waals surface area contributed by atoms with Crippen LogP contribution in [0.2, 0.25) is 0 Å². The normalized spacial score (nSPS) is 10.5. The smallest absolute Gasteiger partial charge is 0.0711 e. The molecule has 0 bridgehead atoms. The first kappa shape index (κ1) is 12.1. The Morgan fingerprint density at radius 2 is 2.15 bits per heavy atom. The first-order chi connectivity index (χ1) is 6.31. The summed E-state index contributed by atoms with van der Waals surface area (Å²) in [6.45, 7) is 8.83. The summed E-state index contributed by atoms with van der Waals surface area (Å²) in [5.74, 6) is 0. The highest BCUT2D eigenvalue weighted by Gasteiger charge is 1.90. The first-order valence-corrected chi connectivity index (χ1v) is 4.46. The molecule has 0 fully saturated rings. The summed E-state index contributed by atoms with van der Waals surface area (Å²) in [5.41, 5.74) is 0.934. The number of aliphatic hydroxyl groups excluding tert-OH is 1. The Balaban J connectivity index is 3.26. The number of hydrogen-bond acceptors (Lipinski definition) is 2. The van der Waals surface area contributed by atoms with Crippen LogP contribution >= 0.6 is 0 Å². The minimum absolute atomic E-state index is 0.237. The summed E-state index contributed by atoms with van der Waals surface area (Å²) in [6, 6.07) is 0. The molecule has 2 nitrogen and oxygen atoms in total. The monoisotopic (exact) mass is 182 g/mol. The average molecular weight is 182 g/mol. The first-order valence-electron chi connectivity index (χ1n) is 4.46. The van der Waals surface area contributed by atoms with Gasteiger partial charge in [-0.1, -0.05) is 31.4 Å². The summed E-state index contributed by atoms with van der Waals surface area (Å²) >= 11 is 0. The molecule has 0 aromatic heterocycles. The van der Waals surface area contributed by atoms with E-state index in [1.807, 2.05) is 12.2 Å². The minimum Gasteiger partial charge on any atom is -0.396 e. The number of aliphatic hydroxyl groups is 1. The predicted octanol–water partition coefficient (Wildman–Crippen LogP) is 2.07. The maximum Gasteiger partial charge on any atom is 0.0711 e. The van der Waals surface area contributed by atoms with E-state index in [0.717, 1.165) is 18.4 Å². The number of unbranched alkanes of at least 4 members (excludes halogenated alkanes) is 1. The van der Waals surface area contributed by atoms with Gasteiger partial charge in [0.25, 0.3) is 0 Å². The van der Waals surface area contributed by atoms with Gasteiger partial charge >= 0.3 is 0 Å². The van der Waals surface area contributed by atoms with E-state index in [0.29, 0.717) is 13.2 Å². The highest BCUT2D eigenvalue weighted by molar-refractivity contribution is 5.18. The van der Waals surface area contributed by atoms with Crippen LogP contribution in [0.3, 0.4) is 0 Å². The fourth-order valence-electron chi connectivity index (χ4n) is 0.771. The van der Waals surface area contributed by atoms with E-state index in [-0.39, 0.29) is 6.61 Å². The Bertz CT molecular complexity index is 171. The summed E-state index contributed by atoms with van der Waals surface area (Å²) in [5, 5.41) is 8.50. The third-order valence-electron chi connectivity index (χ3n) is 1.45. The average Bonchev–Trinajstić information content (AvgIpc) is 2.14. The van der Waals surface area contributed by atoms with Crippen LogP contribution in [0, 0.1) is 0 Å². The lowest BCUT2D eigenvalue weighted by atomic mass is 10.3. The summed E-state index contributed by atoms with van der Waals surface area (Å²) < 4.78 is 5.30. The minimum atomic E-state index is 0.237. The van der Waals surface area contributed by atoms with Gasteiger partial charge in [0.15, 0.2) is 0 Å². The van der Waals surface area contributed by atoms with Gasteiger partial charge < -0.3 is 9.84 Å². The quantitative estimate of drug-likeness (QED) is 0.460. The van der Waals surface area contributed by atoms with Crippen molar-refractivity contribution in [2.75, 3.05) is 19.8 Å². The van der Waals surface area contributed by atoms with Crippen LogP contribution in [0.15, 0.2) is 37.0 Å². The lowest BCUT2D eigenvalue weighted by Gasteiger charge is -2.02. The molecule has 0 atom stereocenters. The molecule has 0 spiro atoms.